The summed E-state index contributed by atoms with van der Waals surface area (Å²) < 4.78 is 30.2. The standard InChI is InChI=1S/C11H21NO5S/c1-2-17-11(14)6-8-18(15,16)12-7-4-3-5-10(12)9-13/h10,13H,2-9H2,1H3. The zero-order valence-corrected chi connectivity index (χ0v) is 11.5. The largest absolute Gasteiger partial charge is 0.466 e. The fourth-order valence-corrected chi connectivity index (χ4v) is 3.78. The Morgan fingerprint density at radius 1 is 1.44 bits per heavy atom. The van der Waals surface area contributed by atoms with E-state index in [-0.39, 0.29) is 31.4 Å². The van der Waals surface area contributed by atoms with Crippen LogP contribution < -0.4 is 0 Å². The lowest BCUT2D eigenvalue weighted by atomic mass is 10.1. The highest BCUT2D eigenvalue weighted by atomic mass is 32.2. The Labute approximate surface area is 108 Å². The number of rotatable bonds is 6. The van der Waals surface area contributed by atoms with Gasteiger partial charge in [0.15, 0.2) is 0 Å². The number of esters is 1. The SMILES string of the molecule is CCOC(=O)CCS(=O)(=O)N1CCCCC1CO. The van der Waals surface area contributed by atoms with Gasteiger partial charge in [0, 0.05) is 12.6 Å². The van der Waals surface area contributed by atoms with Gasteiger partial charge >= 0.3 is 5.97 Å². The van der Waals surface area contributed by atoms with E-state index in [9.17, 15) is 18.3 Å². The Balaban J connectivity index is 2.58. The third kappa shape index (κ3) is 4.22. The summed E-state index contributed by atoms with van der Waals surface area (Å²) in [7, 11) is -3.49. The second-order valence-corrected chi connectivity index (χ2v) is 6.36. The van der Waals surface area contributed by atoms with E-state index in [1.807, 2.05) is 0 Å². The topological polar surface area (TPSA) is 83.9 Å². The number of carbonyl (C=O) groups excluding carboxylic acids is 1. The van der Waals surface area contributed by atoms with Crippen molar-refractivity contribution in [2.24, 2.45) is 0 Å². The lowest BCUT2D eigenvalue weighted by molar-refractivity contribution is -0.142. The average molecular weight is 279 g/mol. The van der Waals surface area contributed by atoms with Crippen LogP contribution in [-0.4, -0.2) is 55.4 Å². The number of nitrogens with zero attached hydrogens (tertiary/aromatic N) is 1. The maximum Gasteiger partial charge on any atom is 0.306 e. The molecule has 1 atom stereocenters. The van der Waals surface area contributed by atoms with Crippen LogP contribution in [-0.2, 0) is 19.6 Å². The number of carbonyl (C=O) groups is 1. The first kappa shape index (κ1) is 15.4. The van der Waals surface area contributed by atoms with Gasteiger partial charge in [0.1, 0.15) is 0 Å². The molecule has 1 aliphatic heterocycles. The maximum absolute atomic E-state index is 12.1. The predicted molar refractivity (Wildman–Crippen MR) is 66.5 cm³/mol. The lowest BCUT2D eigenvalue weighted by Gasteiger charge is -2.33. The third-order valence-corrected chi connectivity index (χ3v) is 4.93. The lowest BCUT2D eigenvalue weighted by Crippen LogP contribution is -2.46. The van der Waals surface area contributed by atoms with Gasteiger partial charge in [0.2, 0.25) is 10.0 Å². The van der Waals surface area contributed by atoms with E-state index in [4.69, 9.17) is 4.74 Å². The summed E-state index contributed by atoms with van der Waals surface area (Å²) in [4.78, 5) is 11.2. The first-order valence-corrected chi connectivity index (χ1v) is 7.88. The van der Waals surface area contributed by atoms with E-state index in [1.165, 1.54) is 4.31 Å². The highest BCUT2D eigenvalue weighted by Gasteiger charge is 2.31. The normalized spacial score (nSPS) is 21.8. The average Bonchev–Trinajstić information content (AvgIpc) is 2.37. The van der Waals surface area contributed by atoms with Gasteiger partial charge in [-0.05, 0) is 19.8 Å². The van der Waals surface area contributed by atoms with Gasteiger partial charge in [-0.25, -0.2) is 8.42 Å². The molecule has 7 heteroatoms. The summed E-state index contributed by atoms with van der Waals surface area (Å²) in [5.41, 5.74) is 0. The monoisotopic (exact) mass is 279 g/mol. The molecule has 0 amide bonds. The highest BCUT2D eigenvalue weighted by Crippen LogP contribution is 2.20. The van der Waals surface area contributed by atoms with Crippen molar-refractivity contribution in [3.8, 4) is 0 Å². The number of aliphatic hydroxyl groups is 1. The molecule has 1 heterocycles. The first-order chi connectivity index (χ1) is 8.51. The van der Waals surface area contributed by atoms with Crippen molar-refractivity contribution in [2.45, 2.75) is 38.6 Å². The Morgan fingerprint density at radius 2 is 2.17 bits per heavy atom. The molecular weight excluding hydrogens is 258 g/mol. The fourth-order valence-electron chi connectivity index (χ4n) is 2.09. The Bertz CT molecular complexity index is 368. The second kappa shape index (κ2) is 7.06. The van der Waals surface area contributed by atoms with E-state index < -0.39 is 16.0 Å². The molecule has 1 aliphatic rings. The number of ether oxygens (including phenoxy) is 1. The molecule has 106 valence electrons. The minimum Gasteiger partial charge on any atom is -0.466 e. The predicted octanol–water partition coefficient (Wildman–Crippen LogP) is 0.116. The number of piperidine rings is 1. The first-order valence-electron chi connectivity index (χ1n) is 6.27. The van der Waals surface area contributed by atoms with Gasteiger partial charge in [-0.15, -0.1) is 0 Å². The smallest absolute Gasteiger partial charge is 0.306 e. The van der Waals surface area contributed by atoms with Crippen molar-refractivity contribution in [3.05, 3.63) is 0 Å². The zero-order valence-electron chi connectivity index (χ0n) is 10.7. The van der Waals surface area contributed by atoms with Crippen molar-refractivity contribution in [2.75, 3.05) is 25.5 Å². The minimum absolute atomic E-state index is 0.134. The number of aliphatic hydroxyl groups excluding tert-OH is 1. The van der Waals surface area contributed by atoms with E-state index in [1.54, 1.807) is 6.92 Å². The number of sulfonamides is 1. The van der Waals surface area contributed by atoms with Crippen molar-refractivity contribution in [1.82, 2.24) is 4.31 Å². The number of hydrogen-bond acceptors (Lipinski definition) is 5. The minimum atomic E-state index is -3.49. The molecule has 1 rings (SSSR count). The van der Waals surface area contributed by atoms with E-state index in [0.717, 1.165) is 12.8 Å². The van der Waals surface area contributed by atoms with Gasteiger partial charge in [-0.2, -0.15) is 4.31 Å². The Morgan fingerprint density at radius 3 is 2.78 bits per heavy atom. The van der Waals surface area contributed by atoms with Crippen LogP contribution in [0.15, 0.2) is 0 Å². The summed E-state index contributed by atoms with van der Waals surface area (Å²) in [5.74, 6) is -0.749. The zero-order chi connectivity index (χ0) is 13.6. The Kier molecular flexibility index (Phi) is 6.04. The molecular formula is C11H21NO5S. The molecule has 0 aromatic carbocycles. The summed E-state index contributed by atoms with van der Waals surface area (Å²) in [5, 5.41) is 9.19. The van der Waals surface area contributed by atoms with Crippen LogP contribution in [0.2, 0.25) is 0 Å². The summed E-state index contributed by atoms with van der Waals surface area (Å²) in [6, 6.07) is -0.342. The molecule has 0 bridgehead atoms. The molecule has 0 aromatic heterocycles. The van der Waals surface area contributed by atoms with Crippen LogP contribution in [0.4, 0.5) is 0 Å². The van der Waals surface area contributed by atoms with Gasteiger partial charge < -0.3 is 9.84 Å². The molecule has 6 nitrogen and oxygen atoms in total. The molecule has 1 fully saturated rings. The van der Waals surface area contributed by atoms with Crippen LogP contribution in [0.25, 0.3) is 0 Å². The Hall–Kier alpha value is -0.660. The van der Waals surface area contributed by atoms with Gasteiger partial charge in [-0.3, -0.25) is 4.79 Å². The van der Waals surface area contributed by atoms with Crippen LogP contribution in [0.5, 0.6) is 0 Å². The van der Waals surface area contributed by atoms with Crippen LogP contribution in [0, 0.1) is 0 Å². The molecule has 0 aliphatic carbocycles. The van der Waals surface area contributed by atoms with E-state index in [0.29, 0.717) is 13.0 Å². The highest BCUT2D eigenvalue weighted by molar-refractivity contribution is 7.89. The van der Waals surface area contributed by atoms with Crippen LogP contribution in [0.3, 0.4) is 0 Å². The molecule has 0 aromatic rings. The van der Waals surface area contributed by atoms with Crippen LogP contribution >= 0.6 is 0 Å². The second-order valence-electron chi connectivity index (χ2n) is 4.31. The van der Waals surface area contributed by atoms with Gasteiger partial charge in [0.25, 0.3) is 0 Å². The number of hydrogen-bond donors (Lipinski definition) is 1. The third-order valence-electron chi connectivity index (χ3n) is 3.01. The maximum atomic E-state index is 12.1. The fraction of sp³-hybridized carbons (Fsp3) is 0.909. The van der Waals surface area contributed by atoms with Crippen molar-refractivity contribution < 1.29 is 23.1 Å². The summed E-state index contributed by atoms with van der Waals surface area (Å²) in [6.45, 7) is 2.19. The molecule has 0 saturated carbocycles. The van der Waals surface area contributed by atoms with Crippen molar-refractivity contribution in [3.63, 3.8) is 0 Å². The van der Waals surface area contributed by atoms with E-state index in [2.05, 4.69) is 0 Å². The van der Waals surface area contributed by atoms with Crippen molar-refractivity contribution in [1.29, 1.82) is 0 Å². The molecule has 18 heavy (non-hydrogen) atoms. The summed E-state index contributed by atoms with van der Waals surface area (Å²) >= 11 is 0. The van der Waals surface area contributed by atoms with Gasteiger partial charge in [-0.1, -0.05) is 6.42 Å². The van der Waals surface area contributed by atoms with Crippen molar-refractivity contribution >= 4 is 16.0 Å². The molecule has 1 saturated heterocycles. The molecule has 1 unspecified atom stereocenters. The quantitative estimate of drug-likeness (QED) is 0.698. The molecule has 0 spiro atoms. The van der Waals surface area contributed by atoms with E-state index >= 15 is 0 Å². The van der Waals surface area contributed by atoms with Crippen LogP contribution in [0.1, 0.15) is 32.6 Å². The molecule has 0 radical (unpaired) electrons. The summed E-state index contributed by atoms with van der Waals surface area (Å²) in [6.07, 6.45) is 2.27. The molecule has 1 N–H and O–H groups in total. The van der Waals surface area contributed by atoms with Gasteiger partial charge in [0.05, 0.1) is 25.4 Å².